The lowest BCUT2D eigenvalue weighted by atomic mass is 10.3. The van der Waals surface area contributed by atoms with Crippen molar-refractivity contribution in [2.45, 2.75) is 12.8 Å². The van der Waals surface area contributed by atoms with Gasteiger partial charge in [-0.2, -0.15) is 0 Å². The van der Waals surface area contributed by atoms with Gasteiger partial charge in [-0.3, -0.25) is 0 Å². The first-order valence-corrected chi connectivity index (χ1v) is 5.41. The number of benzene rings is 1. The van der Waals surface area contributed by atoms with Crippen molar-refractivity contribution < 1.29 is 4.74 Å². The second-order valence-electron chi connectivity index (χ2n) is 3.37. The van der Waals surface area contributed by atoms with Crippen molar-refractivity contribution in [3.8, 4) is 11.4 Å². The lowest BCUT2D eigenvalue weighted by molar-refractivity contribution is 0.414. The van der Waals surface area contributed by atoms with Crippen molar-refractivity contribution in [2.75, 3.05) is 7.11 Å². The Balaban J connectivity index is 2.45. The summed E-state index contributed by atoms with van der Waals surface area (Å²) in [6.45, 7) is 1.94. The molecule has 2 aromatic rings. The number of nitrogens with zero attached hydrogens (tertiary/aromatic N) is 3. The number of alkyl halides is 1. The van der Waals surface area contributed by atoms with Crippen molar-refractivity contribution in [3.05, 3.63) is 35.7 Å². The smallest absolute Gasteiger partial charge is 0.121 e. The van der Waals surface area contributed by atoms with E-state index in [4.69, 9.17) is 16.3 Å². The van der Waals surface area contributed by atoms with Gasteiger partial charge < -0.3 is 4.74 Å². The van der Waals surface area contributed by atoms with E-state index >= 15 is 0 Å². The van der Waals surface area contributed by atoms with Crippen LogP contribution in [-0.4, -0.2) is 22.1 Å². The van der Waals surface area contributed by atoms with Gasteiger partial charge in [0.1, 0.15) is 11.4 Å². The Labute approximate surface area is 98.8 Å². The summed E-state index contributed by atoms with van der Waals surface area (Å²) in [5.74, 6) is 1.16. The van der Waals surface area contributed by atoms with Crippen LogP contribution in [0.15, 0.2) is 24.3 Å². The minimum atomic E-state index is 0.371. The molecular formula is C11H12ClN3O. The van der Waals surface area contributed by atoms with E-state index in [1.165, 1.54) is 0 Å². The zero-order chi connectivity index (χ0) is 11.5. The molecule has 0 aliphatic heterocycles. The van der Waals surface area contributed by atoms with Gasteiger partial charge in [0.2, 0.25) is 0 Å². The predicted molar refractivity (Wildman–Crippen MR) is 62.2 cm³/mol. The van der Waals surface area contributed by atoms with Crippen molar-refractivity contribution in [2.24, 2.45) is 0 Å². The summed E-state index contributed by atoms with van der Waals surface area (Å²) in [7, 11) is 1.64. The van der Waals surface area contributed by atoms with E-state index in [0.29, 0.717) is 5.88 Å². The van der Waals surface area contributed by atoms with Gasteiger partial charge in [-0.25, -0.2) is 4.68 Å². The average Bonchev–Trinajstić information content (AvgIpc) is 2.70. The van der Waals surface area contributed by atoms with Crippen molar-refractivity contribution in [1.82, 2.24) is 15.0 Å². The second kappa shape index (κ2) is 4.53. The van der Waals surface area contributed by atoms with Gasteiger partial charge in [-0.15, -0.1) is 16.7 Å². The van der Waals surface area contributed by atoms with Crippen molar-refractivity contribution in [1.29, 1.82) is 0 Å². The number of ether oxygens (including phenoxy) is 1. The van der Waals surface area contributed by atoms with Crippen LogP contribution in [0.3, 0.4) is 0 Å². The zero-order valence-corrected chi connectivity index (χ0v) is 9.90. The van der Waals surface area contributed by atoms with E-state index in [1.54, 1.807) is 11.8 Å². The predicted octanol–water partition coefficient (Wildman–Crippen LogP) is 2.32. The first kappa shape index (κ1) is 11.0. The first-order chi connectivity index (χ1) is 7.76. The highest BCUT2D eigenvalue weighted by atomic mass is 35.5. The Morgan fingerprint density at radius 3 is 2.88 bits per heavy atom. The van der Waals surface area contributed by atoms with Gasteiger partial charge in [0.25, 0.3) is 0 Å². The highest BCUT2D eigenvalue weighted by Gasteiger charge is 2.09. The van der Waals surface area contributed by atoms with Crippen LogP contribution < -0.4 is 4.74 Å². The SMILES string of the molecule is COc1cccc(-n2nnc(CCl)c2C)c1. The molecule has 0 aliphatic carbocycles. The van der Waals surface area contributed by atoms with Gasteiger partial charge in [-0.05, 0) is 19.1 Å². The van der Waals surface area contributed by atoms with Crippen LogP contribution >= 0.6 is 11.6 Å². The third-order valence-electron chi connectivity index (χ3n) is 2.41. The summed E-state index contributed by atoms with van der Waals surface area (Å²) in [5.41, 5.74) is 2.66. The Kier molecular flexibility index (Phi) is 3.10. The number of rotatable bonds is 3. The summed E-state index contributed by atoms with van der Waals surface area (Å²) in [5, 5.41) is 8.07. The molecule has 0 atom stereocenters. The van der Waals surface area contributed by atoms with Crippen LogP contribution in [-0.2, 0) is 5.88 Å². The maximum atomic E-state index is 5.75. The molecule has 84 valence electrons. The summed E-state index contributed by atoms with van der Waals surface area (Å²) >= 11 is 5.75. The molecular weight excluding hydrogens is 226 g/mol. The fraction of sp³-hybridized carbons (Fsp3) is 0.273. The highest BCUT2D eigenvalue weighted by molar-refractivity contribution is 6.16. The van der Waals surface area contributed by atoms with Gasteiger partial charge in [-0.1, -0.05) is 11.3 Å². The standard InChI is InChI=1S/C11H12ClN3O/c1-8-11(7-12)13-14-15(8)9-4-3-5-10(6-9)16-2/h3-6H,7H2,1-2H3. The average molecular weight is 238 g/mol. The number of aromatic nitrogens is 3. The van der Waals surface area contributed by atoms with Crippen LogP contribution in [0.1, 0.15) is 11.4 Å². The molecule has 1 aromatic heterocycles. The molecule has 1 aromatic carbocycles. The maximum absolute atomic E-state index is 5.75. The van der Waals surface area contributed by atoms with E-state index < -0.39 is 0 Å². The third-order valence-corrected chi connectivity index (χ3v) is 2.67. The van der Waals surface area contributed by atoms with Gasteiger partial charge in [0, 0.05) is 6.07 Å². The molecule has 0 saturated heterocycles. The van der Waals surface area contributed by atoms with E-state index in [1.807, 2.05) is 31.2 Å². The molecule has 0 N–H and O–H groups in total. The molecule has 2 rings (SSSR count). The highest BCUT2D eigenvalue weighted by Crippen LogP contribution is 2.18. The molecule has 0 fully saturated rings. The van der Waals surface area contributed by atoms with Crippen LogP contribution in [0.4, 0.5) is 0 Å². The molecule has 5 heteroatoms. The number of methoxy groups -OCH3 is 1. The second-order valence-corrected chi connectivity index (χ2v) is 3.64. The molecule has 0 spiro atoms. The van der Waals surface area contributed by atoms with E-state index in [-0.39, 0.29) is 0 Å². The van der Waals surface area contributed by atoms with E-state index in [2.05, 4.69) is 10.3 Å². The number of halogens is 1. The summed E-state index contributed by atoms with van der Waals surface area (Å²) in [6.07, 6.45) is 0. The van der Waals surface area contributed by atoms with Crippen LogP contribution in [0.2, 0.25) is 0 Å². The molecule has 0 unspecified atom stereocenters. The van der Waals surface area contributed by atoms with Gasteiger partial charge in [0.05, 0.1) is 24.4 Å². The Morgan fingerprint density at radius 1 is 1.44 bits per heavy atom. The summed E-state index contributed by atoms with van der Waals surface area (Å²) in [4.78, 5) is 0. The van der Waals surface area contributed by atoms with Gasteiger partial charge in [0.15, 0.2) is 0 Å². The van der Waals surface area contributed by atoms with Crippen LogP contribution in [0, 0.1) is 6.92 Å². The molecule has 1 heterocycles. The first-order valence-electron chi connectivity index (χ1n) is 4.88. The topological polar surface area (TPSA) is 39.9 Å². The van der Waals surface area contributed by atoms with Gasteiger partial charge >= 0.3 is 0 Å². The molecule has 0 bridgehead atoms. The minimum absolute atomic E-state index is 0.371. The lowest BCUT2D eigenvalue weighted by Crippen LogP contribution is -1.99. The molecule has 0 aliphatic rings. The molecule has 0 amide bonds. The Bertz CT molecular complexity index is 496. The Hall–Kier alpha value is -1.55. The monoisotopic (exact) mass is 237 g/mol. The fourth-order valence-electron chi connectivity index (χ4n) is 1.47. The van der Waals surface area contributed by atoms with Crippen molar-refractivity contribution >= 4 is 11.6 Å². The van der Waals surface area contributed by atoms with E-state index in [9.17, 15) is 0 Å². The summed E-state index contributed by atoms with van der Waals surface area (Å²) < 4.78 is 6.91. The fourth-order valence-corrected chi connectivity index (χ4v) is 1.72. The lowest BCUT2D eigenvalue weighted by Gasteiger charge is -2.05. The quantitative estimate of drug-likeness (QED) is 0.770. The van der Waals surface area contributed by atoms with Crippen LogP contribution in [0.5, 0.6) is 5.75 Å². The summed E-state index contributed by atoms with van der Waals surface area (Å²) in [6, 6.07) is 7.65. The maximum Gasteiger partial charge on any atom is 0.121 e. The largest absolute Gasteiger partial charge is 0.497 e. The molecule has 4 nitrogen and oxygen atoms in total. The normalized spacial score (nSPS) is 10.4. The van der Waals surface area contributed by atoms with Crippen molar-refractivity contribution in [3.63, 3.8) is 0 Å². The molecule has 16 heavy (non-hydrogen) atoms. The van der Waals surface area contributed by atoms with Crippen LogP contribution in [0.25, 0.3) is 5.69 Å². The zero-order valence-electron chi connectivity index (χ0n) is 9.14. The number of hydrogen-bond acceptors (Lipinski definition) is 3. The molecule has 0 radical (unpaired) electrons. The molecule has 0 saturated carbocycles. The third kappa shape index (κ3) is 1.88. The Morgan fingerprint density at radius 2 is 2.25 bits per heavy atom. The number of hydrogen-bond donors (Lipinski definition) is 0. The minimum Gasteiger partial charge on any atom is -0.497 e. The van der Waals surface area contributed by atoms with E-state index in [0.717, 1.165) is 22.8 Å².